The van der Waals surface area contributed by atoms with Crippen LogP contribution < -0.4 is 0 Å². The number of rotatable bonds is 5. The molecule has 188 valence electrons. The van der Waals surface area contributed by atoms with Gasteiger partial charge in [0.05, 0.1) is 0 Å². The minimum Gasteiger partial charge on any atom is -0.258 e. The molecular formula is C34H25ClN4. The first-order chi connectivity index (χ1) is 19.0. The molecule has 0 N–H and O–H groups in total. The van der Waals surface area contributed by atoms with Crippen molar-refractivity contribution >= 4 is 11.6 Å². The van der Waals surface area contributed by atoms with Gasteiger partial charge in [-0.3, -0.25) is 4.98 Å². The predicted molar refractivity (Wildman–Crippen MR) is 159 cm³/mol. The monoisotopic (exact) mass is 524 g/mol. The van der Waals surface area contributed by atoms with Crippen molar-refractivity contribution in [1.29, 1.82) is 0 Å². The molecule has 5 heteroatoms. The third-order valence-corrected chi connectivity index (χ3v) is 6.99. The molecule has 0 aliphatic heterocycles. The van der Waals surface area contributed by atoms with Gasteiger partial charge in [0, 0.05) is 44.2 Å². The largest absolute Gasteiger partial charge is 0.258 e. The van der Waals surface area contributed by atoms with Gasteiger partial charge < -0.3 is 0 Å². The van der Waals surface area contributed by atoms with Crippen LogP contribution in [0.3, 0.4) is 0 Å². The first-order valence-electron chi connectivity index (χ1n) is 12.8. The summed E-state index contributed by atoms with van der Waals surface area (Å²) in [7, 11) is 0. The molecule has 39 heavy (non-hydrogen) atoms. The number of hydrogen-bond donors (Lipinski definition) is 0. The van der Waals surface area contributed by atoms with E-state index in [4.69, 9.17) is 26.6 Å². The third kappa shape index (κ3) is 5.20. The van der Waals surface area contributed by atoms with Gasteiger partial charge in [0.25, 0.3) is 0 Å². The topological polar surface area (TPSA) is 51.6 Å². The second-order valence-corrected chi connectivity index (χ2v) is 9.80. The lowest BCUT2D eigenvalue weighted by Gasteiger charge is -2.12. The van der Waals surface area contributed by atoms with Crippen molar-refractivity contribution in [2.75, 3.05) is 0 Å². The number of halogens is 1. The van der Waals surface area contributed by atoms with E-state index in [9.17, 15) is 0 Å². The molecule has 0 unspecified atom stereocenters. The lowest BCUT2D eigenvalue weighted by atomic mass is 9.97. The van der Waals surface area contributed by atoms with Crippen LogP contribution in [0.5, 0.6) is 0 Å². The molecule has 6 aromatic rings. The molecule has 0 fully saturated rings. The summed E-state index contributed by atoms with van der Waals surface area (Å²) >= 11 is 6.67. The SMILES string of the molecule is Cc1ccc(-c2ccc(Cl)c(-c3ccc(-c4nc(-c5ccccc5)nc(-c5ccccc5)n4)cc3)c2)c(C)n1. The van der Waals surface area contributed by atoms with Crippen LogP contribution in [0.2, 0.25) is 5.02 Å². The van der Waals surface area contributed by atoms with Gasteiger partial charge in [-0.25, -0.2) is 15.0 Å². The van der Waals surface area contributed by atoms with Crippen molar-refractivity contribution in [3.8, 4) is 56.4 Å². The van der Waals surface area contributed by atoms with Crippen LogP contribution in [-0.4, -0.2) is 19.9 Å². The number of aromatic nitrogens is 4. The summed E-state index contributed by atoms with van der Waals surface area (Å²) in [5.74, 6) is 1.90. The van der Waals surface area contributed by atoms with E-state index in [0.717, 1.165) is 50.3 Å². The first-order valence-corrected chi connectivity index (χ1v) is 13.1. The third-order valence-electron chi connectivity index (χ3n) is 6.66. The van der Waals surface area contributed by atoms with Gasteiger partial charge in [-0.15, -0.1) is 0 Å². The van der Waals surface area contributed by atoms with Crippen LogP contribution >= 0.6 is 11.6 Å². The molecular weight excluding hydrogens is 500 g/mol. The Morgan fingerprint density at radius 1 is 0.436 bits per heavy atom. The van der Waals surface area contributed by atoms with E-state index in [1.165, 1.54) is 0 Å². The maximum Gasteiger partial charge on any atom is 0.164 e. The molecule has 4 aromatic carbocycles. The molecule has 0 spiro atoms. The molecule has 0 aliphatic rings. The molecule has 0 radical (unpaired) electrons. The Kier molecular flexibility index (Phi) is 6.70. The van der Waals surface area contributed by atoms with Crippen molar-refractivity contribution in [3.63, 3.8) is 0 Å². The minimum atomic E-state index is 0.621. The average molecular weight is 525 g/mol. The Bertz CT molecular complexity index is 1710. The maximum absolute atomic E-state index is 6.67. The Balaban J connectivity index is 1.40. The van der Waals surface area contributed by atoms with Crippen LogP contribution in [0.15, 0.2) is 115 Å². The Morgan fingerprint density at radius 3 is 1.46 bits per heavy atom. The maximum atomic E-state index is 6.67. The predicted octanol–water partition coefficient (Wildman–Crippen LogP) is 8.87. The van der Waals surface area contributed by atoms with E-state index in [0.29, 0.717) is 22.5 Å². The Hall–Kier alpha value is -4.67. The number of pyridine rings is 1. The average Bonchev–Trinajstić information content (AvgIpc) is 2.98. The van der Waals surface area contributed by atoms with Crippen molar-refractivity contribution in [3.05, 3.63) is 132 Å². The molecule has 0 atom stereocenters. The van der Waals surface area contributed by atoms with Gasteiger partial charge in [0.15, 0.2) is 17.5 Å². The summed E-state index contributed by atoms with van der Waals surface area (Å²) < 4.78 is 0. The standard InChI is InChI=1S/C34H25ClN4/c1-22-13-19-29(23(2)36-22)28-18-20-31(35)30(21-28)24-14-16-27(17-15-24)34-38-32(25-9-5-3-6-10-25)37-33(39-34)26-11-7-4-8-12-26/h3-21H,1-2H3. The first kappa shape index (κ1) is 24.7. The van der Waals surface area contributed by atoms with E-state index in [1.54, 1.807) is 0 Å². The number of aryl methyl sites for hydroxylation is 2. The molecule has 0 aliphatic carbocycles. The summed E-state index contributed by atoms with van der Waals surface area (Å²) in [6, 6.07) is 38.4. The Labute approximate surface area is 233 Å². The Morgan fingerprint density at radius 2 is 0.923 bits per heavy atom. The van der Waals surface area contributed by atoms with Crippen molar-refractivity contribution in [1.82, 2.24) is 19.9 Å². The number of hydrogen-bond acceptors (Lipinski definition) is 4. The van der Waals surface area contributed by atoms with Crippen LogP contribution in [-0.2, 0) is 0 Å². The highest BCUT2D eigenvalue weighted by Crippen LogP contribution is 2.34. The fourth-order valence-corrected chi connectivity index (χ4v) is 4.87. The second kappa shape index (κ2) is 10.6. The van der Waals surface area contributed by atoms with Crippen molar-refractivity contribution in [2.24, 2.45) is 0 Å². The van der Waals surface area contributed by atoms with Crippen LogP contribution in [0.4, 0.5) is 0 Å². The molecule has 4 nitrogen and oxygen atoms in total. The van der Waals surface area contributed by atoms with E-state index >= 15 is 0 Å². The molecule has 2 heterocycles. The lowest BCUT2D eigenvalue weighted by Crippen LogP contribution is -2.00. The van der Waals surface area contributed by atoms with E-state index in [1.807, 2.05) is 105 Å². The smallest absolute Gasteiger partial charge is 0.164 e. The van der Waals surface area contributed by atoms with Gasteiger partial charge in [-0.2, -0.15) is 0 Å². The molecule has 6 rings (SSSR count). The molecule has 2 aromatic heterocycles. The zero-order chi connectivity index (χ0) is 26.8. The van der Waals surface area contributed by atoms with Crippen molar-refractivity contribution in [2.45, 2.75) is 13.8 Å². The lowest BCUT2D eigenvalue weighted by molar-refractivity contribution is 1.07. The molecule has 0 saturated heterocycles. The molecule has 0 saturated carbocycles. The number of nitrogens with zero attached hydrogens (tertiary/aromatic N) is 4. The normalized spacial score (nSPS) is 10.9. The summed E-state index contributed by atoms with van der Waals surface area (Å²) in [6.07, 6.45) is 0. The van der Waals surface area contributed by atoms with E-state index in [2.05, 4.69) is 29.2 Å². The van der Waals surface area contributed by atoms with E-state index < -0.39 is 0 Å². The summed E-state index contributed by atoms with van der Waals surface area (Å²) in [5, 5.41) is 0.696. The van der Waals surface area contributed by atoms with Crippen LogP contribution in [0.1, 0.15) is 11.4 Å². The highest BCUT2D eigenvalue weighted by Gasteiger charge is 2.13. The molecule has 0 amide bonds. The van der Waals surface area contributed by atoms with Gasteiger partial charge in [-0.05, 0) is 43.2 Å². The van der Waals surface area contributed by atoms with Crippen molar-refractivity contribution < 1.29 is 0 Å². The number of benzene rings is 4. The highest BCUT2D eigenvalue weighted by atomic mass is 35.5. The zero-order valence-electron chi connectivity index (χ0n) is 21.6. The van der Waals surface area contributed by atoms with E-state index in [-0.39, 0.29) is 0 Å². The van der Waals surface area contributed by atoms with Gasteiger partial charge >= 0.3 is 0 Å². The summed E-state index contributed by atoms with van der Waals surface area (Å²) in [5.41, 5.74) is 8.96. The quantitative estimate of drug-likeness (QED) is 0.226. The van der Waals surface area contributed by atoms with Gasteiger partial charge in [0.2, 0.25) is 0 Å². The fraction of sp³-hybridized carbons (Fsp3) is 0.0588. The van der Waals surface area contributed by atoms with Gasteiger partial charge in [-0.1, -0.05) is 109 Å². The summed E-state index contributed by atoms with van der Waals surface area (Å²) in [6.45, 7) is 4.04. The molecule has 0 bridgehead atoms. The highest BCUT2D eigenvalue weighted by molar-refractivity contribution is 6.33. The van der Waals surface area contributed by atoms with Crippen LogP contribution in [0, 0.1) is 13.8 Å². The second-order valence-electron chi connectivity index (χ2n) is 9.40. The fourth-order valence-electron chi connectivity index (χ4n) is 4.64. The van der Waals surface area contributed by atoms with Gasteiger partial charge in [0.1, 0.15) is 0 Å². The summed E-state index contributed by atoms with van der Waals surface area (Å²) in [4.78, 5) is 19.1. The zero-order valence-corrected chi connectivity index (χ0v) is 22.4. The minimum absolute atomic E-state index is 0.621. The van der Waals surface area contributed by atoms with Crippen LogP contribution in [0.25, 0.3) is 56.4 Å².